The monoisotopic (exact) mass is 424 g/mol. The molecule has 3 aromatic carbocycles. The molecule has 1 N–H and O–H groups in total. The van der Waals surface area contributed by atoms with Crippen molar-refractivity contribution in [3.63, 3.8) is 0 Å². The second kappa shape index (κ2) is 8.12. The van der Waals surface area contributed by atoms with Crippen LogP contribution < -0.4 is 10.2 Å². The van der Waals surface area contributed by atoms with Crippen LogP contribution in [0.4, 0.5) is 11.4 Å². The molecule has 4 rings (SSSR count). The zero-order chi connectivity index (χ0) is 23.2. The Morgan fingerprint density at radius 3 is 2.00 bits per heavy atom. The second-order valence-electron chi connectivity index (χ2n) is 8.68. The number of imide groups is 1. The Balaban J connectivity index is 1.90. The predicted octanol–water partition coefficient (Wildman–Crippen LogP) is 5.93. The third kappa shape index (κ3) is 3.62. The average Bonchev–Trinajstić information content (AvgIpc) is 2.96. The molecule has 4 heteroatoms. The van der Waals surface area contributed by atoms with Crippen molar-refractivity contribution in [1.29, 1.82) is 0 Å². The molecule has 162 valence electrons. The van der Waals surface area contributed by atoms with E-state index in [1.54, 1.807) is 0 Å². The van der Waals surface area contributed by atoms with Crippen molar-refractivity contribution < 1.29 is 9.59 Å². The van der Waals surface area contributed by atoms with Crippen LogP contribution in [-0.4, -0.2) is 11.8 Å². The van der Waals surface area contributed by atoms with Crippen molar-refractivity contribution in [2.24, 2.45) is 0 Å². The summed E-state index contributed by atoms with van der Waals surface area (Å²) in [4.78, 5) is 28.8. The first kappa shape index (κ1) is 21.6. The van der Waals surface area contributed by atoms with Crippen LogP contribution in [0.5, 0.6) is 0 Å². The molecule has 0 fully saturated rings. The van der Waals surface area contributed by atoms with E-state index in [4.69, 9.17) is 0 Å². The van der Waals surface area contributed by atoms with Gasteiger partial charge in [-0.3, -0.25) is 9.59 Å². The summed E-state index contributed by atoms with van der Waals surface area (Å²) in [5.41, 5.74) is 9.12. The average molecular weight is 425 g/mol. The lowest BCUT2D eigenvalue weighted by molar-refractivity contribution is -0.120. The summed E-state index contributed by atoms with van der Waals surface area (Å²) < 4.78 is 0. The van der Waals surface area contributed by atoms with E-state index >= 15 is 0 Å². The van der Waals surface area contributed by atoms with Gasteiger partial charge in [0, 0.05) is 5.69 Å². The molecule has 0 saturated heterocycles. The Morgan fingerprint density at radius 1 is 0.688 bits per heavy atom. The largest absolute Gasteiger partial charge is 0.350 e. The van der Waals surface area contributed by atoms with Crippen LogP contribution in [0.1, 0.15) is 38.9 Å². The van der Waals surface area contributed by atoms with E-state index in [9.17, 15) is 9.59 Å². The van der Waals surface area contributed by atoms with Gasteiger partial charge in [0.05, 0.1) is 11.3 Å². The minimum atomic E-state index is -0.335. The lowest BCUT2D eigenvalue weighted by atomic mass is 9.97. The Kier molecular flexibility index (Phi) is 5.47. The van der Waals surface area contributed by atoms with Gasteiger partial charge in [0.25, 0.3) is 11.8 Å². The molecule has 0 bridgehead atoms. The van der Waals surface area contributed by atoms with Crippen LogP contribution >= 0.6 is 0 Å². The van der Waals surface area contributed by atoms with E-state index in [-0.39, 0.29) is 11.8 Å². The number of hydrogen-bond acceptors (Lipinski definition) is 3. The van der Waals surface area contributed by atoms with Crippen LogP contribution in [0.25, 0.3) is 5.57 Å². The molecule has 32 heavy (non-hydrogen) atoms. The number of nitrogens with zero attached hydrogens (tertiary/aromatic N) is 1. The van der Waals surface area contributed by atoms with Crippen molar-refractivity contribution in [1.82, 2.24) is 0 Å². The van der Waals surface area contributed by atoms with Gasteiger partial charge in [-0.15, -0.1) is 0 Å². The molecular weight excluding hydrogens is 396 g/mol. The van der Waals surface area contributed by atoms with Crippen LogP contribution in [0.3, 0.4) is 0 Å². The molecule has 1 heterocycles. The third-order valence-corrected chi connectivity index (χ3v) is 6.19. The van der Waals surface area contributed by atoms with Gasteiger partial charge in [-0.25, -0.2) is 4.90 Å². The van der Waals surface area contributed by atoms with Gasteiger partial charge in [0.1, 0.15) is 5.70 Å². The van der Waals surface area contributed by atoms with Gasteiger partial charge >= 0.3 is 0 Å². The van der Waals surface area contributed by atoms with Gasteiger partial charge in [0.2, 0.25) is 0 Å². The number of carbonyl (C=O) groups is 2. The summed E-state index contributed by atoms with van der Waals surface area (Å²) in [6, 6.07) is 17.6. The number of hydrogen-bond donors (Lipinski definition) is 1. The molecule has 2 amide bonds. The standard InChI is InChI=1S/C28H28N2O2/c1-16-10-12-22(19(4)14-16)25-26(29-23-13-11-17(2)15-20(23)5)28(32)30(27(25)31)24-9-7-8-18(3)21(24)6/h7-15,29H,1-6H3. The molecular formula is C28H28N2O2. The van der Waals surface area contributed by atoms with Gasteiger partial charge in [-0.05, 0) is 81.5 Å². The van der Waals surface area contributed by atoms with E-state index in [0.29, 0.717) is 17.0 Å². The van der Waals surface area contributed by atoms with E-state index < -0.39 is 0 Å². The highest BCUT2D eigenvalue weighted by Crippen LogP contribution is 2.37. The fraction of sp³-hybridized carbons (Fsp3) is 0.214. The van der Waals surface area contributed by atoms with E-state index in [2.05, 4.69) is 11.4 Å². The molecule has 1 aliphatic rings. The fourth-order valence-electron chi connectivity index (χ4n) is 4.27. The maximum Gasteiger partial charge on any atom is 0.282 e. The summed E-state index contributed by atoms with van der Waals surface area (Å²) in [7, 11) is 0. The molecule has 3 aromatic rings. The molecule has 0 saturated carbocycles. The molecule has 0 radical (unpaired) electrons. The smallest absolute Gasteiger partial charge is 0.282 e. The van der Waals surface area contributed by atoms with Crippen LogP contribution in [0, 0.1) is 41.5 Å². The van der Waals surface area contributed by atoms with Gasteiger partial charge in [-0.2, -0.15) is 0 Å². The second-order valence-corrected chi connectivity index (χ2v) is 8.68. The highest BCUT2D eigenvalue weighted by atomic mass is 16.2. The maximum absolute atomic E-state index is 13.8. The Hall–Kier alpha value is -3.66. The molecule has 0 unspecified atom stereocenters. The summed E-state index contributed by atoms with van der Waals surface area (Å²) in [6.07, 6.45) is 0. The van der Waals surface area contributed by atoms with E-state index in [1.165, 1.54) is 4.90 Å². The first-order valence-electron chi connectivity index (χ1n) is 10.8. The Morgan fingerprint density at radius 2 is 1.34 bits per heavy atom. The van der Waals surface area contributed by atoms with Crippen molar-refractivity contribution in [2.45, 2.75) is 41.5 Å². The zero-order valence-electron chi connectivity index (χ0n) is 19.5. The zero-order valence-corrected chi connectivity index (χ0v) is 19.5. The number of carbonyl (C=O) groups excluding carboxylic acids is 2. The highest BCUT2D eigenvalue weighted by molar-refractivity contribution is 6.46. The number of rotatable bonds is 4. The summed E-state index contributed by atoms with van der Waals surface area (Å²) in [6.45, 7) is 11.9. The lowest BCUT2D eigenvalue weighted by Gasteiger charge is -2.19. The number of aryl methyl sites for hydroxylation is 5. The number of benzene rings is 3. The van der Waals surface area contributed by atoms with Gasteiger partial charge in [-0.1, -0.05) is 53.6 Å². The van der Waals surface area contributed by atoms with Crippen molar-refractivity contribution >= 4 is 28.8 Å². The molecule has 0 aromatic heterocycles. The maximum atomic E-state index is 13.8. The number of nitrogens with one attached hydrogen (secondary N) is 1. The number of amides is 2. The highest BCUT2D eigenvalue weighted by Gasteiger charge is 2.41. The summed E-state index contributed by atoms with van der Waals surface area (Å²) >= 11 is 0. The molecule has 0 aliphatic carbocycles. The Bertz CT molecular complexity index is 1300. The van der Waals surface area contributed by atoms with Crippen LogP contribution in [-0.2, 0) is 9.59 Å². The van der Waals surface area contributed by atoms with Crippen LogP contribution in [0.2, 0.25) is 0 Å². The first-order chi connectivity index (χ1) is 15.2. The molecule has 0 atom stereocenters. The van der Waals surface area contributed by atoms with E-state index in [1.807, 2.05) is 90.1 Å². The summed E-state index contributed by atoms with van der Waals surface area (Å²) in [5, 5.41) is 3.31. The van der Waals surface area contributed by atoms with Gasteiger partial charge < -0.3 is 5.32 Å². The fourth-order valence-corrected chi connectivity index (χ4v) is 4.27. The van der Waals surface area contributed by atoms with Crippen molar-refractivity contribution in [3.05, 3.63) is 99.2 Å². The minimum absolute atomic E-state index is 0.303. The predicted molar refractivity (Wildman–Crippen MR) is 131 cm³/mol. The number of anilines is 2. The van der Waals surface area contributed by atoms with Crippen molar-refractivity contribution in [3.8, 4) is 0 Å². The minimum Gasteiger partial charge on any atom is -0.350 e. The third-order valence-electron chi connectivity index (χ3n) is 6.19. The molecule has 1 aliphatic heterocycles. The van der Waals surface area contributed by atoms with E-state index in [0.717, 1.165) is 44.6 Å². The molecule has 0 spiro atoms. The summed E-state index contributed by atoms with van der Waals surface area (Å²) in [5.74, 6) is -0.637. The first-order valence-corrected chi connectivity index (χ1v) is 10.8. The Labute approximate surface area is 189 Å². The normalized spacial score (nSPS) is 13.9. The quantitative estimate of drug-likeness (QED) is 0.528. The molecule has 4 nitrogen and oxygen atoms in total. The van der Waals surface area contributed by atoms with Crippen molar-refractivity contribution in [2.75, 3.05) is 10.2 Å². The SMILES string of the molecule is Cc1ccc(NC2=C(c3ccc(C)cc3C)C(=O)N(c3cccc(C)c3C)C2=O)c(C)c1. The van der Waals surface area contributed by atoms with Gasteiger partial charge in [0.15, 0.2) is 0 Å². The lowest BCUT2D eigenvalue weighted by Crippen LogP contribution is -2.33. The van der Waals surface area contributed by atoms with Crippen LogP contribution in [0.15, 0.2) is 60.3 Å². The topological polar surface area (TPSA) is 49.4 Å².